The molecular formula is C21H12F3N3O3S. The predicted molar refractivity (Wildman–Crippen MR) is 107 cm³/mol. The maximum atomic E-state index is 15.0. The fourth-order valence-corrected chi connectivity index (χ4v) is 4.00. The van der Waals surface area contributed by atoms with Crippen molar-refractivity contribution < 1.29 is 26.4 Å². The average molecular weight is 443 g/mol. The van der Waals surface area contributed by atoms with Crippen molar-refractivity contribution in [3.8, 4) is 0 Å². The summed E-state index contributed by atoms with van der Waals surface area (Å²) in [6.07, 6.45) is 2.80. The average Bonchev–Trinajstić information content (AvgIpc) is 2.77. The van der Waals surface area contributed by atoms with Crippen molar-refractivity contribution in [1.29, 1.82) is 0 Å². The van der Waals surface area contributed by atoms with Gasteiger partial charge in [-0.1, -0.05) is 18.2 Å². The molecule has 1 N–H and O–H groups in total. The fourth-order valence-electron chi connectivity index (χ4n) is 2.93. The summed E-state index contributed by atoms with van der Waals surface area (Å²) < 4.78 is 70.4. The lowest BCUT2D eigenvalue weighted by Crippen LogP contribution is -2.17. The fraction of sp³-hybridized carbons (Fsp3) is 0. The molecule has 0 aliphatic rings. The number of halogens is 3. The van der Waals surface area contributed by atoms with Gasteiger partial charge in [-0.15, -0.1) is 0 Å². The number of nitrogens with zero attached hydrogens (tertiary/aromatic N) is 2. The Kier molecular flexibility index (Phi) is 5.15. The number of hydrogen-bond donors (Lipinski definition) is 1. The van der Waals surface area contributed by atoms with E-state index in [0.29, 0.717) is 11.6 Å². The van der Waals surface area contributed by atoms with Crippen molar-refractivity contribution in [1.82, 2.24) is 9.97 Å². The largest absolute Gasteiger partial charge is 0.288 e. The van der Waals surface area contributed by atoms with Crippen LogP contribution in [0.4, 0.5) is 18.9 Å². The minimum atomic E-state index is -4.31. The van der Waals surface area contributed by atoms with E-state index in [1.54, 1.807) is 6.07 Å². The second-order valence-electron chi connectivity index (χ2n) is 6.42. The van der Waals surface area contributed by atoms with E-state index in [1.807, 2.05) is 4.72 Å². The number of ketones is 1. The summed E-state index contributed by atoms with van der Waals surface area (Å²) in [4.78, 5) is 20.6. The Balaban J connectivity index is 1.79. The third-order valence-electron chi connectivity index (χ3n) is 4.41. The SMILES string of the molecule is O=C(c1ccc2nccnc2c1)c1c(F)c(F)cc(NS(=O)(=O)c2ccccc2)c1F. The second-order valence-corrected chi connectivity index (χ2v) is 8.10. The van der Waals surface area contributed by atoms with E-state index in [-0.39, 0.29) is 16.0 Å². The van der Waals surface area contributed by atoms with E-state index in [4.69, 9.17) is 0 Å². The number of carbonyl (C=O) groups is 1. The molecule has 0 radical (unpaired) electrons. The van der Waals surface area contributed by atoms with Gasteiger partial charge in [0.25, 0.3) is 10.0 Å². The maximum absolute atomic E-state index is 15.0. The molecular weight excluding hydrogens is 431 g/mol. The van der Waals surface area contributed by atoms with Crippen LogP contribution >= 0.6 is 0 Å². The first-order valence-corrected chi connectivity index (χ1v) is 10.3. The topological polar surface area (TPSA) is 89.0 Å². The van der Waals surface area contributed by atoms with Gasteiger partial charge >= 0.3 is 0 Å². The summed E-state index contributed by atoms with van der Waals surface area (Å²) in [7, 11) is -4.31. The van der Waals surface area contributed by atoms with E-state index >= 15 is 4.39 Å². The minimum Gasteiger partial charge on any atom is -0.288 e. The number of carbonyl (C=O) groups excluding carboxylic acids is 1. The lowest BCUT2D eigenvalue weighted by atomic mass is 10.0. The van der Waals surface area contributed by atoms with Gasteiger partial charge in [-0.05, 0) is 30.3 Å². The zero-order valence-corrected chi connectivity index (χ0v) is 16.3. The van der Waals surface area contributed by atoms with Crippen LogP contribution in [0.15, 0.2) is 71.9 Å². The lowest BCUT2D eigenvalue weighted by Gasteiger charge is -2.13. The van der Waals surface area contributed by atoms with Gasteiger partial charge in [0.05, 0.1) is 27.2 Å². The highest BCUT2D eigenvalue weighted by Gasteiger charge is 2.27. The molecule has 3 aromatic carbocycles. The molecule has 4 rings (SSSR count). The Morgan fingerprint density at radius 3 is 2.23 bits per heavy atom. The number of rotatable bonds is 5. The van der Waals surface area contributed by atoms with Crippen LogP contribution in [0.3, 0.4) is 0 Å². The van der Waals surface area contributed by atoms with Crippen molar-refractivity contribution in [2.24, 2.45) is 0 Å². The van der Waals surface area contributed by atoms with Crippen LogP contribution in [0.25, 0.3) is 11.0 Å². The van der Waals surface area contributed by atoms with Gasteiger partial charge < -0.3 is 0 Å². The first-order chi connectivity index (χ1) is 14.8. The van der Waals surface area contributed by atoms with Crippen LogP contribution in [0.2, 0.25) is 0 Å². The molecule has 31 heavy (non-hydrogen) atoms. The van der Waals surface area contributed by atoms with Crippen LogP contribution < -0.4 is 4.72 Å². The number of nitrogens with one attached hydrogen (secondary N) is 1. The van der Waals surface area contributed by atoms with Crippen molar-refractivity contribution >= 4 is 32.5 Å². The standard InChI is InChI=1S/C21H12F3N3O3S/c22-14-11-17(27-31(29,30)13-4-2-1-3-5-13)20(24)18(19(14)23)21(28)12-6-7-15-16(10-12)26-9-8-25-15/h1-11,27H. The van der Waals surface area contributed by atoms with Crippen molar-refractivity contribution in [3.63, 3.8) is 0 Å². The Morgan fingerprint density at radius 1 is 0.839 bits per heavy atom. The summed E-state index contributed by atoms with van der Waals surface area (Å²) in [6, 6.07) is 11.2. The predicted octanol–water partition coefficient (Wildman–Crippen LogP) is 4.08. The molecule has 4 aromatic rings. The first-order valence-electron chi connectivity index (χ1n) is 8.79. The molecule has 0 aliphatic heterocycles. The van der Waals surface area contributed by atoms with Crippen molar-refractivity contribution in [3.05, 3.63) is 95.6 Å². The number of benzene rings is 3. The summed E-state index contributed by atoms with van der Waals surface area (Å²) in [5, 5.41) is 0. The van der Waals surface area contributed by atoms with Crippen LogP contribution in [0, 0.1) is 17.5 Å². The molecule has 0 amide bonds. The zero-order chi connectivity index (χ0) is 22.2. The second kappa shape index (κ2) is 7.80. The highest BCUT2D eigenvalue weighted by atomic mass is 32.2. The molecule has 6 nitrogen and oxygen atoms in total. The van der Waals surface area contributed by atoms with Crippen LogP contribution in [0.1, 0.15) is 15.9 Å². The molecule has 0 aliphatic carbocycles. The molecule has 1 aromatic heterocycles. The number of sulfonamides is 1. The van der Waals surface area contributed by atoms with Crippen molar-refractivity contribution in [2.45, 2.75) is 4.90 Å². The number of fused-ring (bicyclic) bond motifs is 1. The summed E-state index contributed by atoms with van der Waals surface area (Å²) in [6.45, 7) is 0. The molecule has 0 atom stereocenters. The Hall–Kier alpha value is -3.79. The van der Waals surface area contributed by atoms with Crippen LogP contribution in [0.5, 0.6) is 0 Å². The molecule has 10 heteroatoms. The molecule has 0 unspecified atom stereocenters. The number of hydrogen-bond acceptors (Lipinski definition) is 5. The van der Waals surface area contributed by atoms with E-state index in [0.717, 1.165) is 0 Å². The number of aromatic nitrogens is 2. The van der Waals surface area contributed by atoms with Gasteiger partial charge in [0.15, 0.2) is 23.2 Å². The zero-order valence-electron chi connectivity index (χ0n) is 15.5. The Bertz CT molecular complexity index is 1430. The molecule has 0 bridgehead atoms. The summed E-state index contributed by atoms with van der Waals surface area (Å²) >= 11 is 0. The summed E-state index contributed by atoms with van der Waals surface area (Å²) in [5.41, 5.74) is -1.57. The van der Waals surface area contributed by atoms with Crippen molar-refractivity contribution in [2.75, 3.05) is 4.72 Å². The third kappa shape index (κ3) is 3.84. The molecule has 0 spiro atoms. The minimum absolute atomic E-state index is 0.173. The highest BCUT2D eigenvalue weighted by Crippen LogP contribution is 2.28. The van der Waals surface area contributed by atoms with Gasteiger partial charge in [0.1, 0.15) is 0 Å². The van der Waals surface area contributed by atoms with Gasteiger partial charge in [-0.3, -0.25) is 19.5 Å². The molecule has 156 valence electrons. The molecule has 0 fully saturated rings. The van der Waals surface area contributed by atoms with Gasteiger partial charge in [0, 0.05) is 24.0 Å². The maximum Gasteiger partial charge on any atom is 0.261 e. The van der Waals surface area contributed by atoms with E-state index < -0.39 is 44.5 Å². The Labute approximate surface area is 174 Å². The van der Waals surface area contributed by atoms with Crippen LogP contribution in [-0.4, -0.2) is 24.2 Å². The summed E-state index contributed by atoms with van der Waals surface area (Å²) in [5.74, 6) is -6.04. The molecule has 0 saturated carbocycles. The highest BCUT2D eigenvalue weighted by molar-refractivity contribution is 7.92. The van der Waals surface area contributed by atoms with Gasteiger partial charge in [0.2, 0.25) is 0 Å². The number of anilines is 1. The van der Waals surface area contributed by atoms with E-state index in [1.165, 1.54) is 54.9 Å². The molecule has 1 heterocycles. The smallest absolute Gasteiger partial charge is 0.261 e. The lowest BCUT2D eigenvalue weighted by molar-refractivity contribution is 0.103. The molecule has 0 saturated heterocycles. The van der Waals surface area contributed by atoms with E-state index in [9.17, 15) is 22.0 Å². The van der Waals surface area contributed by atoms with E-state index in [2.05, 4.69) is 9.97 Å². The quantitative estimate of drug-likeness (QED) is 0.371. The third-order valence-corrected chi connectivity index (χ3v) is 5.79. The van der Waals surface area contributed by atoms with Gasteiger partial charge in [-0.2, -0.15) is 0 Å². The van der Waals surface area contributed by atoms with Crippen LogP contribution in [-0.2, 0) is 10.0 Å². The normalized spacial score (nSPS) is 11.5. The monoisotopic (exact) mass is 443 g/mol. The van der Waals surface area contributed by atoms with Gasteiger partial charge in [-0.25, -0.2) is 21.6 Å². The first kappa shape index (κ1) is 20.5. The Morgan fingerprint density at radius 2 is 1.52 bits per heavy atom.